The molecule has 9 heteroatoms. The summed E-state index contributed by atoms with van der Waals surface area (Å²) in [5.74, 6) is -1.67. The number of rotatable bonds is 6. The van der Waals surface area contributed by atoms with Gasteiger partial charge in [-0.15, -0.1) is 0 Å². The fourth-order valence-electron chi connectivity index (χ4n) is 2.79. The van der Waals surface area contributed by atoms with E-state index in [2.05, 4.69) is 10.5 Å². The van der Waals surface area contributed by atoms with Crippen LogP contribution >= 0.6 is 0 Å². The number of carboxylic acid groups (broad SMARTS) is 1. The zero-order valence-electron chi connectivity index (χ0n) is 15.1. The fraction of sp³-hybridized carbons (Fsp3) is 0.200. The summed E-state index contributed by atoms with van der Waals surface area (Å²) in [6, 6.07) is 9.19. The van der Waals surface area contributed by atoms with E-state index in [4.69, 9.17) is 4.52 Å². The molecule has 152 valence electrons. The molecule has 0 saturated heterocycles. The number of alkyl halides is 3. The Kier molecular flexibility index (Phi) is 5.69. The monoisotopic (exact) mass is 408 g/mol. The second-order valence-electron chi connectivity index (χ2n) is 6.38. The minimum Gasteiger partial charge on any atom is -0.477 e. The zero-order chi connectivity index (χ0) is 21.2. The molecule has 0 aliphatic carbocycles. The summed E-state index contributed by atoms with van der Waals surface area (Å²) in [6.07, 6.45) is -4.41. The topological polar surface area (TPSA) is 75.4 Å². The lowest BCUT2D eigenvalue weighted by Crippen LogP contribution is -2.20. The van der Waals surface area contributed by atoms with Gasteiger partial charge in [0.25, 0.3) is 0 Å². The highest BCUT2D eigenvalue weighted by Gasteiger charge is 2.30. The van der Waals surface area contributed by atoms with Crippen LogP contribution in [0.1, 0.15) is 40.2 Å². The van der Waals surface area contributed by atoms with E-state index in [1.807, 2.05) is 0 Å². The Morgan fingerprint density at radius 1 is 1.14 bits per heavy atom. The molecule has 2 N–H and O–H groups in total. The van der Waals surface area contributed by atoms with Crippen LogP contribution < -0.4 is 5.32 Å². The van der Waals surface area contributed by atoms with Gasteiger partial charge in [0, 0.05) is 12.1 Å². The first-order valence-corrected chi connectivity index (χ1v) is 8.55. The average Bonchev–Trinajstić information content (AvgIpc) is 3.12. The maximum absolute atomic E-state index is 13.1. The quantitative estimate of drug-likeness (QED) is 0.559. The fourth-order valence-corrected chi connectivity index (χ4v) is 2.79. The van der Waals surface area contributed by atoms with E-state index in [1.165, 1.54) is 36.4 Å². The van der Waals surface area contributed by atoms with Gasteiger partial charge in [0.2, 0.25) is 0 Å². The van der Waals surface area contributed by atoms with E-state index >= 15 is 0 Å². The molecule has 0 amide bonds. The van der Waals surface area contributed by atoms with E-state index in [1.54, 1.807) is 6.92 Å². The molecule has 3 aromatic rings. The highest BCUT2D eigenvalue weighted by Crippen LogP contribution is 2.31. The van der Waals surface area contributed by atoms with Crippen LogP contribution in [0.15, 0.2) is 53.1 Å². The smallest absolute Gasteiger partial charge is 0.416 e. The summed E-state index contributed by atoms with van der Waals surface area (Å²) < 4.78 is 56.2. The molecule has 1 aromatic heterocycles. The molecule has 1 heterocycles. The lowest BCUT2D eigenvalue weighted by Gasteiger charge is -2.13. The predicted molar refractivity (Wildman–Crippen MR) is 95.6 cm³/mol. The van der Waals surface area contributed by atoms with Gasteiger partial charge in [0.05, 0.1) is 11.6 Å². The Balaban J connectivity index is 1.78. The molecule has 0 saturated carbocycles. The van der Waals surface area contributed by atoms with Crippen molar-refractivity contribution in [2.75, 3.05) is 0 Å². The molecule has 1 atom stereocenters. The Labute approximate surface area is 163 Å². The van der Waals surface area contributed by atoms with E-state index < -0.39 is 29.6 Å². The third-order valence-electron chi connectivity index (χ3n) is 4.34. The van der Waals surface area contributed by atoms with Crippen LogP contribution in [-0.2, 0) is 12.7 Å². The highest BCUT2D eigenvalue weighted by atomic mass is 19.4. The van der Waals surface area contributed by atoms with Gasteiger partial charge in [-0.2, -0.15) is 13.2 Å². The molecule has 0 unspecified atom stereocenters. The van der Waals surface area contributed by atoms with Crippen LogP contribution in [0.25, 0.3) is 11.3 Å². The highest BCUT2D eigenvalue weighted by molar-refractivity contribution is 5.95. The van der Waals surface area contributed by atoms with Crippen molar-refractivity contribution >= 4 is 5.97 Å². The first-order valence-electron chi connectivity index (χ1n) is 8.55. The molecule has 0 aliphatic heterocycles. The normalized spacial score (nSPS) is 12.7. The Morgan fingerprint density at radius 3 is 2.31 bits per heavy atom. The molecule has 0 spiro atoms. The van der Waals surface area contributed by atoms with Gasteiger partial charge in [-0.25, -0.2) is 9.18 Å². The summed E-state index contributed by atoms with van der Waals surface area (Å²) in [6.45, 7) is 1.83. The minimum atomic E-state index is -4.41. The second-order valence-corrected chi connectivity index (χ2v) is 6.38. The van der Waals surface area contributed by atoms with E-state index in [9.17, 15) is 27.5 Å². The number of benzene rings is 2. The van der Waals surface area contributed by atoms with Gasteiger partial charge >= 0.3 is 12.1 Å². The SMILES string of the molecule is C[C@@H](NCc1ccc(C(F)(F)F)cc1)c1onc(-c2ccc(F)cc2)c1C(=O)O. The van der Waals surface area contributed by atoms with Crippen molar-refractivity contribution in [1.82, 2.24) is 10.5 Å². The number of hydrogen-bond acceptors (Lipinski definition) is 4. The lowest BCUT2D eigenvalue weighted by molar-refractivity contribution is -0.137. The molecular formula is C20H16F4N2O3. The maximum Gasteiger partial charge on any atom is 0.416 e. The molecular weight excluding hydrogens is 392 g/mol. The van der Waals surface area contributed by atoms with Gasteiger partial charge in [-0.3, -0.25) is 0 Å². The van der Waals surface area contributed by atoms with E-state index in [0.29, 0.717) is 11.1 Å². The van der Waals surface area contributed by atoms with Crippen molar-refractivity contribution in [3.63, 3.8) is 0 Å². The van der Waals surface area contributed by atoms with Crippen molar-refractivity contribution < 1.29 is 32.0 Å². The van der Waals surface area contributed by atoms with Crippen LogP contribution in [0.3, 0.4) is 0 Å². The number of aromatic nitrogens is 1. The number of nitrogens with one attached hydrogen (secondary N) is 1. The predicted octanol–water partition coefficient (Wildman–Crippen LogP) is 5.05. The number of halogens is 4. The molecule has 0 fully saturated rings. The molecule has 29 heavy (non-hydrogen) atoms. The third kappa shape index (κ3) is 4.62. The number of aromatic carboxylic acids is 1. The zero-order valence-corrected chi connectivity index (χ0v) is 15.1. The summed E-state index contributed by atoms with van der Waals surface area (Å²) >= 11 is 0. The number of carboxylic acids is 1. The Bertz CT molecular complexity index is 996. The standard InChI is InChI=1S/C20H16F4N2O3/c1-11(25-10-12-2-6-14(7-3-12)20(22,23)24)18-16(19(27)28)17(26-29-18)13-4-8-15(21)9-5-13/h2-9,11,25H,10H2,1H3,(H,27,28)/t11-/m1/s1. The molecule has 2 aromatic carbocycles. The molecule has 0 aliphatic rings. The molecule has 0 bridgehead atoms. The Hall–Kier alpha value is -3.20. The van der Waals surface area contributed by atoms with Crippen LogP contribution in [0.2, 0.25) is 0 Å². The van der Waals surface area contributed by atoms with Crippen molar-refractivity contribution in [2.24, 2.45) is 0 Å². The average molecular weight is 408 g/mol. The van der Waals surface area contributed by atoms with Gasteiger partial charge in [0.1, 0.15) is 17.1 Å². The van der Waals surface area contributed by atoms with Crippen LogP contribution in [-0.4, -0.2) is 16.2 Å². The first-order chi connectivity index (χ1) is 13.7. The van der Waals surface area contributed by atoms with E-state index in [0.717, 1.165) is 12.1 Å². The van der Waals surface area contributed by atoms with E-state index in [-0.39, 0.29) is 23.6 Å². The summed E-state index contributed by atoms with van der Waals surface area (Å²) in [5, 5.41) is 16.4. The number of carbonyl (C=O) groups is 1. The Morgan fingerprint density at radius 2 is 1.76 bits per heavy atom. The third-order valence-corrected chi connectivity index (χ3v) is 4.34. The molecule has 3 rings (SSSR count). The van der Waals surface area contributed by atoms with Gasteiger partial charge < -0.3 is 14.9 Å². The minimum absolute atomic E-state index is 0.0590. The molecule has 0 radical (unpaired) electrons. The second kappa shape index (κ2) is 8.04. The summed E-state index contributed by atoms with van der Waals surface area (Å²) in [4.78, 5) is 11.7. The van der Waals surface area contributed by atoms with Crippen LogP contribution in [0, 0.1) is 5.82 Å². The molecule has 5 nitrogen and oxygen atoms in total. The van der Waals surface area contributed by atoms with Crippen molar-refractivity contribution in [1.29, 1.82) is 0 Å². The van der Waals surface area contributed by atoms with Crippen LogP contribution in [0.5, 0.6) is 0 Å². The van der Waals surface area contributed by atoms with Gasteiger partial charge in [-0.05, 0) is 48.9 Å². The summed E-state index contributed by atoms with van der Waals surface area (Å²) in [5.41, 5.74) is 0.120. The van der Waals surface area contributed by atoms with Crippen molar-refractivity contribution in [2.45, 2.75) is 25.7 Å². The number of nitrogens with zero attached hydrogens (tertiary/aromatic N) is 1. The maximum atomic E-state index is 13.1. The summed E-state index contributed by atoms with van der Waals surface area (Å²) in [7, 11) is 0. The number of hydrogen-bond donors (Lipinski definition) is 2. The lowest BCUT2D eigenvalue weighted by atomic mass is 10.0. The van der Waals surface area contributed by atoms with Crippen molar-refractivity contribution in [3.8, 4) is 11.3 Å². The largest absolute Gasteiger partial charge is 0.477 e. The first kappa shape index (κ1) is 20.5. The van der Waals surface area contributed by atoms with Crippen molar-refractivity contribution in [3.05, 3.63) is 76.8 Å². The van der Waals surface area contributed by atoms with Gasteiger partial charge in [0.15, 0.2) is 5.76 Å². The van der Waals surface area contributed by atoms with Gasteiger partial charge in [-0.1, -0.05) is 17.3 Å². The van der Waals surface area contributed by atoms with Crippen LogP contribution in [0.4, 0.5) is 17.6 Å².